The highest BCUT2D eigenvalue weighted by Crippen LogP contribution is 2.07. The second kappa shape index (κ2) is 2.58. The summed E-state index contributed by atoms with van der Waals surface area (Å²) in [7, 11) is 0. The van der Waals surface area contributed by atoms with Crippen LogP contribution in [0.25, 0.3) is 0 Å². The molecule has 2 rings (SSSR count). The Kier molecular flexibility index (Phi) is 1.56. The lowest BCUT2D eigenvalue weighted by atomic mass is 10.3. The average molecular weight is 166 g/mol. The van der Waals surface area contributed by atoms with E-state index >= 15 is 0 Å². The Labute approximate surface area is 70.0 Å². The molecule has 5 heteroatoms. The fourth-order valence-corrected chi connectivity index (χ4v) is 1.33. The largest absolute Gasteiger partial charge is 0.334 e. The van der Waals surface area contributed by atoms with Crippen molar-refractivity contribution in [2.75, 3.05) is 6.54 Å². The van der Waals surface area contributed by atoms with Crippen LogP contribution in [0.1, 0.15) is 12.7 Å². The number of rotatable bonds is 0. The molecule has 1 aliphatic rings. The van der Waals surface area contributed by atoms with E-state index in [1.165, 1.54) is 6.33 Å². The first-order valence-electron chi connectivity index (χ1n) is 3.89. The topological polar surface area (TPSA) is 51.0 Å². The number of carbonyl (C=O) groups is 1. The molecule has 0 spiro atoms. The summed E-state index contributed by atoms with van der Waals surface area (Å²) in [5.41, 5.74) is 0. The van der Waals surface area contributed by atoms with Crippen molar-refractivity contribution in [1.82, 2.24) is 19.7 Å². The van der Waals surface area contributed by atoms with Gasteiger partial charge in [0.05, 0.1) is 13.1 Å². The summed E-state index contributed by atoms with van der Waals surface area (Å²) in [6.07, 6.45) is 1.53. The monoisotopic (exact) mass is 166 g/mol. The first kappa shape index (κ1) is 7.27. The first-order valence-corrected chi connectivity index (χ1v) is 3.89. The number of nitrogens with zero attached hydrogens (tertiary/aromatic N) is 4. The van der Waals surface area contributed by atoms with E-state index in [4.69, 9.17) is 0 Å². The summed E-state index contributed by atoms with van der Waals surface area (Å²) < 4.78 is 1.83. The molecule has 0 unspecified atom stereocenters. The maximum Gasteiger partial charge on any atom is 0.219 e. The normalized spacial score (nSPS) is 15.9. The third-order valence-electron chi connectivity index (χ3n) is 2.06. The molecule has 5 nitrogen and oxygen atoms in total. The van der Waals surface area contributed by atoms with Gasteiger partial charge in [0.25, 0.3) is 0 Å². The zero-order chi connectivity index (χ0) is 8.55. The molecule has 0 saturated heterocycles. The summed E-state index contributed by atoms with van der Waals surface area (Å²) >= 11 is 0. The van der Waals surface area contributed by atoms with Gasteiger partial charge in [-0.3, -0.25) is 4.79 Å². The lowest BCUT2D eigenvalue weighted by Crippen LogP contribution is -2.37. The van der Waals surface area contributed by atoms with E-state index in [1.54, 1.807) is 11.8 Å². The van der Waals surface area contributed by atoms with Gasteiger partial charge >= 0.3 is 0 Å². The third-order valence-corrected chi connectivity index (χ3v) is 2.06. The molecular weight excluding hydrogens is 156 g/mol. The van der Waals surface area contributed by atoms with Gasteiger partial charge in [0, 0.05) is 13.5 Å². The molecule has 1 aromatic rings. The van der Waals surface area contributed by atoms with E-state index in [0.717, 1.165) is 18.9 Å². The summed E-state index contributed by atoms with van der Waals surface area (Å²) in [4.78, 5) is 16.8. The SMILES string of the molecule is CC(=O)N1CCn2ncnc2C1. The van der Waals surface area contributed by atoms with Crippen LogP contribution in [0, 0.1) is 0 Å². The molecule has 1 aliphatic heterocycles. The zero-order valence-corrected chi connectivity index (χ0v) is 6.90. The second-order valence-corrected chi connectivity index (χ2v) is 2.84. The van der Waals surface area contributed by atoms with Crippen molar-refractivity contribution in [3.05, 3.63) is 12.2 Å². The molecule has 0 aliphatic carbocycles. The Morgan fingerprint density at radius 2 is 2.42 bits per heavy atom. The quantitative estimate of drug-likeness (QED) is 0.529. The van der Waals surface area contributed by atoms with Crippen molar-refractivity contribution in [1.29, 1.82) is 0 Å². The molecule has 0 atom stereocenters. The Bertz CT molecular complexity index is 306. The number of aromatic nitrogens is 3. The number of hydrogen-bond acceptors (Lipinski definition) is 3. The Balaban J connectivity index is 2.20. The fraction of sp³-hybridized carbons (Fsp3) is 0.571. The van der Waals surface area contributed by atoms with Crippen LogP contribution >= 0.6 is 0 Å². The molecule has 0 N–H and O–H groups in total. The molecule has 0 bridgehead atoms. The maximum atomic E-state index is 11.0. The zero-order valence-electron chi connectivity index (χ0n) is 6.90. The van der Waals surface area contributed by atoms with E-state index in [0.29, 0.717) is 6.54 Å². The maximum absolute atomic E-state index is 11.0. The predicted octanol–water partition coefficient (Wildman–Crippen LogP) is -0.360. The lowest BCUT2D eigenvalue weighted by Gasteiger charge is -2.25. The van der Waals surface area contributed by atoms with Crippen molar-refractivity contribution in [3.8, 4) is 0 Å². The molecule has 1 amide bonds. The molecule has 64 valence electrons. The fourth-order valence-electron chi connectivity index (χ4n) is 1.33. The second-order valence-electron chi connectivity index (χ2n) is 2.84. The van der Waals surface area contributed by atoms with Gasteiger partial charge in [-0.1, -0.05) is 0 Å². The van der Waals surface area contributed by atoms with E-state index in [-0.39, 0.29) is 5.91 Å². The van der Waals surface area contributed by atoms with Crippen LogP contribution in [0.15, 0.2) is 6.33 Å². The van der Waals surface area contributed by atoms with Gasteiger partial charge < -0.3 is 4.90 Å². The van der Waals surface area contributed by atoms with Crippen LogP contribution in [0.2, 0.25) is 0 Å². The minimum Gasteiger partial charge on any atom is -0.334 e. The number of hydrogen-bond donors (Lipinski definition) is 0. The van der Waals surface area contributed by atoms with Crippen LogP contribution < -0.4 is 0 Å². The van der Waals surface area contributed by atoms with E-state index < -0.39 is 0 Å². The van der Waals surface area contributed by atoms with E-state index in [1.807, 2.05) is 4.68 Å². The highest BCUT2D eigenvalue weighted by molar-refractivity contribution is 5.73. The smallest absolute Gasteiger partial charge is 0.219 e. The molecular formula is C7H10N4O. The van der Waals surface area contributed by atoms with Crippen molar-refractivity contribution in [2.45, 2.75) is 20.0 Å². The Morgan fingerprint density at radius 3 is 3.17 bits per heavy atom. The van der Waals surface area contributed by atoms with Crippen LogP contribution in [0.5, 0.6) is 0 Å². The lowest BCUT2D eigenvalue weighted by molar-refractivity contribution is -0.130. The van der Waals surface area contributed by atoms with Gasteiger partial charge in [0.2, 0.25) is 5.91 Å². The first-order chi connectivity index (χ1) is 5.77. The summed E-state index contributed by atoms with van der Waals surface area (Å²) in [5.74, 6) is 0.973. The van der Waals surface area contributed by atoms with Crippen LogP contribution in [-0.2, 0) is 17.9 Å². The highest BCUT2D eigenvalue weighted by Gasteiger charge is 2.18. The van der Waals surface area contributed by atoms with Gasteiger partial charge in [-0.15, -0.1) is 0 Å². The molecule has 2 heterocycles. The summed E-state index contributed by atoms with van der Waals surface area (Å²) in [5, 5.41) is 4.02. The number of fused-ring (bicyclic) bond motifs is 1. The Morgan fingerprint density at radius 1 is 1.58 bits per heavy atom. The molecule has 1 aromatic heterocycles. The predicted molar refractivity (Wildman–Crippen MR) is 41.1 cm³/mol. The van der Waals surface area contributed by atoms with Gasteiger partial charge in [-0.2, -0.15) is 5.10 Å². The van der Waals surface area contributed by atoms with E-state index in [9.17, 15) is 4.79 Å². The summed E-state index contributed by atoms with van der Waals surface area (Å²) in [6.45, 7) is 3.67. The molecule has 0 saturated carbocycles. The minimum atomic E-state index is 0.101. The van der Waals surface area contributed by atoms with E-state index in [2.05, 4.69) is 10.1 Å². The number of amides is 1. The minimum absolute atomic E-state index is 0.101. The van der Waals surface area contributed by atoms with Crippen molar-refractivity contribution in [3.63, 3.8) is 0 Å². The average Bonchev–Trinajstić information content (AvgIpc) is 2.49. The van der Waals surface area contributed by atoms with Gasteiger partial charge in [0.1, 0.15) is 12.2 Å². The standard InChI is InChI=1S/C7H10N4O/c1-6(12)10-2-3-11-7(4-10)8-5-9-11/h5H,2-4H2,1H3. The van der Waals surface area contributed by atoms with Crippen LogP contribution in [0.4, 0.5) is 0 Å². The number of carbonyl (C=O) groups excluding carboxylic acids is 1. The highest BCUT2D eigenvalue weighted by atomic mass is 16.2. The van der Waals surface area contributed by atoms with Gasteiger partial charge in [0.15, 0.2) is 0 Å². The van der Waals surface area contributed by atoms with Gasteiger partial charge in [-0.05, 0) is 0 Å². The van der Waals surface area contributed by atoms with Crippen LogP contribution in [-0.4, -0.2) is 32.1 Å². The molecule has 0 radical (unpaired) electrons. The summed E-state index contributed by atoms with van der Waals surface area (Å²) in [6, 6.07) is 0. The van der Waals surface area contributed by atoms with Crippen molar-refractivity contribution >= 4 is 5.91 Å². The van der Waals surface area contributed by atoms with Crippen LogP contribution in [0.3, 0.4) is 0 Å². The van der Waals surface area contributed by atoms with Crippen molar-refractivity contribution < 1.29 is 4.79 Å². The molecule has 0 fully saturated rings. The molecule has 12 heavy (non-hydrogen) atoms. The van der Waals surface area contributed by atoms with Crippen molar-refractivity contribution in [2.24, 2.45) is 0 Å². The van der Waals surface area contributed by atoms with Gasteiger partial charge in [-0.25, -0.2) is 9.67 Å². The molecule has 0 aromatic carbocycles. The Hall–Kier alpha value is -1.39. The third kappa shape index (κ3) is 1.07.